The first-order valence-corrected chi connectivity index (χ1v) is 12.6. The molecule has 0 spiro atoms. The molecule has 0 atom stereocenters. The van der Waals surface area contributed by atoms with Crippen molar-refractivity contribution in [2.24, 2.45) is 0 Å². The van der Waals surface area contributed by atoms with E-state index >= 15 is 0 Å². The van der Waals surface area contributed by atoms with Crippen LogP contribution in [0.4, 0.5) is 5.13 Å². The number of carbonyl (C=O) groups is 1. The summed E-state index contributed by atoms with van der Waals surface area (Å²) in [6.45, 7) is 5.22. The average Bonchev–Trinajstić information content (AvgIpc) is 3.16. The van der Waals surface area contributed by atoms with Crippen LogP contribution in [0.2, 0.25) is 0 Å². The van der Waals surface area contributed by atoms with E-state index < -0.39 is 20.7 Å². The van der Waals surface area contributed by atoms with E-state index in [1.807, 2.05) is 30.3 Å². The predicted octanol–water partition coefficient (Wildman–Crippen LogP) is 2.93. The van der Waals surface area contributed by atoms with E-state index in [1.165, 1.54) is 15.6 Å². The van der Waals surface area contributed by atoms with Gasteiger partial charge in [0.25, 0.3) is 0 Å². The van der Waals surface area contributed by atoms with Crippen molar-refractivity contribution >= 4 is 32.4 Å². The molecule has 1 saturated heterocycles. The number of sulfonamides is 1. The Kier molecular flexibility index (Phi) is 5.98. The molecule has 30 heavy (non-hydrogen) atoms. The van der Waals surface area contributed by atoms with Crippen LogP contribution in [0, 0.1) is 0 Å². The van der Waals surface area contributed by atoms with E-state index in [0.717, 1.165) is 16.1 Å². The maximum Gasteiger partial charge on any atom is 0.236 e. The van der Waals surface area contributed by atoms with Crippen LogP contribution >= 0.6 is 11.3 Å². The van der Waals surface area contributed by atoms with Gasteiger partial charge in [-0.05, 0) is 32.3 Å². The molecule has 1 aromatic carbocycles. The SMILES string of the molecule is CC(C)S(=O)(=O)N1CCc2nc(NC(=O)C3(c4ccccc4)CCOCC3)sc2C1. The summed E-state index contributed by atoms with van der Waals surface area (Å²) in [6.07, 6.45) is 1.80. The van der Waals surface area contributed by atoms with Crippen LogP contribution < -0.4 is 5.32 Å². The van der Waals surface area contributed by atoms with Crippen LogP contribution in [0.25, 0.3) is 0 Å². The molecule has 9 heteroatoms. The molecule has 2 aliphatic rings. The number of aromatic nitrogens is 1. The molecule has 0 radical (unpaired) electrons. The molecule has 1 aromatic heterocycles. The minimum absolute atomic E-state index is 0.0743. The Morgan fingerprint density at radius 3 is 2.60 bits per heavy atom. The van der Waals surface area contributed by atoms with E-state index in [4.69, 9.17) is 4.74 Å². The van der Waals surface area contributed by atoms with E-state index in [0.29, 0.717) is 50.7 Å². The van der Waals surface area contributed by atoms with Crippen LogP contribution in [0.3, 0.4) is 0 Å². The minimum Gasteiger partial charge on any atom is -0.381 e. The lowest BCUT2D eigenvalue weighted by Gasteiger charge is -2.35. The number of nitrogens with one attached hydrogen (secondary N) is 1. The Balaban J connectivity index is 1.55. The van der Waals surface area contributed by atoms with Gasteiger partial charge in [0.15, 0.2) is 5.13 Å². The van der Waals surface area contributed by atoms with Crippen LogP contribution in [0.15, 0.2) is 30.3 Å². The van der Waals surface area contributed by atoms with Crippen molar-refractivity contribution in [1.29, 1.82) is 0 Å². The van der Waals surface area contributed by atoms with Gasteiger partial charge < -0.3 is 10.1 Å². The lowest BCUT2D eigenvalue weighted by Crippen LogP contribution is -2.44. The lowest BCUT2D eigenvalue weighted by molar-refractivity contribution is -0.125. The maximum absolute atomic E-state index is 13.4. The summed E-state index contributed by atoms with van der Waals surface area (Å²) in [7, 11) is -3.31. The molecule has 2 aliphatic heterocycles. The van der Waals surface area contributed by atoms with Gasteiger partial charge in [0.1, 0.15) is 0 Å². The van der Waals surface area contributed by atoms with Crippen molar-refractivity contribution in [3.8, 4) is 0 Å². The van der Waals surface area contributed by atoms with Crippen LogP contribution in [0.5, 0.6) is 0 Å². The molecule has 0 aliphatic carbocycles. The fourth-order valence-corrected chi connectivity index (χ4v) is 6.43. The molecule has 3 heterocycles. The number of amides is 1. The molecular weight excluding hydrogens is 422 g/mol. The van der Waals surface area contributed by atoms with Crippen LogP contribution in [0.1, 0.15) is 42.8 Å². The third-order valence-electron chi connectivity index (χ3n) is 5.98. The van der Waals surface area contributed by atoms with Crippen molar-refractivity contribution in [1.82, 2.24) is 9.29 Å². The Hall–Kier alpha value is -1.81. The number of thiazole rings is 1. The molecule has 0 bridgehead atoms. The molecule has 1 amide bonds. The molecule has 1 N–H and O–H groups in total. The standard InChI is InChI=1S/C21H27N3O4S2/c1-15(2)30(26,27)24-11-8-17-18(14-24)29-20(22-17)23-19(25)21(9-12-28-13-10-21)16-6-4-3-5-7-16/h3-7,15H,8-14H2,1-2H3,(H,22,23,25). The molecule has 7 nitrogen and oxygen atoms in total. The van der Waals surface area contributed by atoms with E-state index in [-0.39, 0.29) is 5.91 Å². The van der Waals surface area contributed by atoms with Gasteiger partial charge in [-0.2, -0.15) is 4.31 Å². The normalized spacial score (nSPS) is 19.4. The average molecular weight is 450 g/mol. The summed E-state index contributed by atoms with van der Waals surface area (Å²) in [5, 5.41) is 3.11. The van der Waals surface area contributed by atoms with E-state index in [1.54, 1.807) is 13.8 Å². The molecule has 162 valence electrons. The second-order valence-corrected chi connectivity index (χ2v) is 11.7. The highest BCUT2D eigenvalue weighted by Crippen LogP contribution is 2.37. The van der Waals surface area contributed by atoms with Gasteiger partial charge >= 0.3 is 0 Å². The molecule has 1 fully saturated rings. The van der Waals surface area contributed by atoms with Crippen molar-refractivity contribution in [3.63, 3.8) is 0 Å². The molecule has 0 saturated carbocycles. The van der Waals surface area contributed by atoms with Gasteiger partial charge in [0.05, 0.1) is 16.4 Å². The Bertz CT molecular complexity index is 1010. The zero-order chi connectivity index (χ0) is 21.4. The number of hydrogen-bond donors (Lipinski definition) is 1. The Morgan fingerprint density at radius 1 is 1.23 bits per heavy atom. The summed E-state index contributed by atoms with van der Waals surface area (Å²) in [5.74, 6) is -0.0743. The number of benzene rings is 1. The van der Waals surface area contributed by atoms with E-state index in [9.17, 15) is 13.2 Å². The van der Waals surface area contributed by atoms with Gasteiger partial charge in [-0.15, -0.1) is 11.3 Å². The first-order valence-electron chi connectivity index (χ1n) is 10.3. The third kappa shape index (κ3) is 3.91. The number of fused-ring (bicyclic) bond motifs is 1. The summed E-state index contributed by atoms with van der Waals surface area (Å²) >= 11 is 1.37. The number of nitrogens with zero attached hydrogens (tertiary/aromatic N) is 2. The highest BCUT2D eigenvalue weighted by molar-refractivity contribution is 7.89. The van der Waals surface area contributed by atoms with E-state index in [2.05, 4.69) is 10.3 Å². The Labute approximate surface area is 181 Å². The zero-order valence-corrected chi connectivity index (χ0v) is 18.9. The highest BCUT2D eigenvalue weighted by Gasteiger charge is 2.42. The number of carbonyl (C=O) groups excluding carboxylic acids is 1. The topological polar surface area (TPSA) is 88.6 Å². The quantitative estimate of drug-likeness (QED) is 0.758. The van der Waals surface area contributed by atoms with Crippen molar-refractivity contribution < 1.29 is 17.9 Å². The fourth-order valence-electron chi connectivity index (χ4n) is 4.08. The summed E-state index contributed by atoms with van der Waals surface area (Å²) < 4.78 is 32.1. The monoisotopic (exact) mass is 449 g/mol. The number of anilines is 1. The van der Waals surface area contributed by atoms with Crippen LogP contribution in [-0.4, -0.2) is 48.6 Å². The van der Waals surface area contributed by atoms with Gasteiger partial charge in [0.2, 0.25) is 15.9 Å². The van der Waals surface area contributed by atoms with Crippen LogP contribution in [-0.2, 0) is 37.9 Å². The first kappa shape index (κ1) is 21.4. The fraction of sp³-hybridized carbons (Fsp3) is 0.524. The number of hydrogen-bond acceptors (Lipinski definition) is 6. The maximum atomic E-state index is 13.4. The van der Waals surface area contributed by atoms with Crippen molar-refractivity contribution in [2.45, 2.75) is 50.3 Å². The second kappa shape index (κ2) is 8.37. The first-order chi connectivity index (χ1) is 14.3. The number of ether oxygens (including phenoxy) is 1. The third-order valence-corrected chi connectivity index (χ3v) is 9.20. The number of rotatable bonds is 5. The zero-order valence-electron chi connectivity index (χ0n) is 17.3. The summed E-state index contributed by atoms with van der Waals surface area (Å²) in [6, 6.07) is 9.83. The van der Waals surface area contributed by atoms with Gasteiger partial charge in [-0.3, -0.25) is 4.79 Å². The smallest absolute Gasteiger partial charge is 0.236 e. The molecule has 2 aromatic rings. The lowest BCUT2D eigenvalue weighted by atomic mass is 9.73. The summed E-state index contributed by atoms with van der Waals surface area (Å²) in [5.41, 5.74) is 1.23. The largest absolute Gasteiger partial charge is 0.381 e. The van der Waals surface area contributed by atoms with Gasteiger partial charge in [-0.25, -0.2) is 13.4 Å². The van der Waals surface area contributed by atoms with Crippen molar-refractivity contribution in [2.75, 3.05) is 25.1 Å². The molecular formula is C21H27N3O4S2. The Morgan fingerprint density at radius 2 is 1.93 bits per heavy atom. The molecule has 0 unspecified atom stereocenters. The second-order valence-electron chi connectivity index (χ2n) is 8.08. The van der Waals surface area contributed by atoms with Crippen molar-refractivity contribution in [3.05, 3.63) is 46.5 Å². The predicted molar refractivity (Wildman–Crippen MR) is 117 cm³/mol. The minimum atomic E-state index is -3.31. The highest BCUT2D eigenvalue weighted by atomic mass is 32.2. The summed E-state index contributed by atoms with van der Waals surface area (Å²) in [4.78, 5) is 18.9. The van der Waals surface area contributed by atoms with Gasteiger partial charge in [0, 0.05) is 37.6 Å². The molecule has 4 rings (SSSR count). The van der Waals surface area contributed by atoms with Gasteiger partial charge in [-0.1, -0.05) is 30.3 Å².